The van der Waals surface area contributed by atoms with Crippen molar-refractivity contribution in [2.24, 2.45) is 5.92 Å². The molecule has 22 heavy (non-hydrogen) atoms. The SMILES string of the molecule is CC(C)c1nc(CN(C)CC2CC(=O)N(C(C)(C)C)C2)co1. The van der Waals surface area contributed by atoms with Gasteiger partial charge in [0.2, 0.25) is 5.91 Å². The third kappa shape index (κ3) is 4.09. The average Bonchev–Trinajstić information content (AvgIpc) is 2.95. The molecule has 0 bridgehead atoms. The van der Waals surface area contributed by atoms with Crippen LogP contribution in [0.3, 0.4) is 0 Å². The molecule has 1 saturated heterocycles. The second-order valence-electron chi connectivity index (χ2n) is 7.77. The second kappa shape index (κ2) is 6.41. The monoisotopic (exact) mass is 307 g/mol. The van der Waals surface area contributed by atoms with E-state index >= 15 is 0 Å². The summed E-state index contributed by atoms with van der Waals surface area (Å²) in [5, 5.41) is 0. The van der Waals surface area contributed by atoms with Gasteiger partial charge in [-0.05, 0) is 33.7 Å². The molecule has 2 rings (SSSR count). The summed E-state index contributed by atoms with van der Waals surface area (Å²) in [5.74, 6) is 1.77. The zero-order valence-electron chi connectivity index (χ0n) is 14.7. The number of amides is 1. The van der Waals surface area contributed by atoms with Gasteiger partial charge >= 0.3 is 0 Å². The highest BCUT2D eigenvalue weighted by molar-refractivity contribution is 5.79. The fraction of sp³-hybridized carbons (Fsp3) is 0.765. The second-order valence-corrected chi connectivity index (χ2v) is 7.77. The number of hydrogen-bond acceptors (Lipinski definition) is 4. The molecule has 1 aromatic heterocycles. The maximum Gasteiger partial charge on any atom is 0.223 e. The minimum absolute atomic E-state index is 0.0807. The van der Waals surface area contributed by atoms with Gasteiger partial charge in [0.25, 0.3) is 0 Å². The van der Waals surface area contributed by atoms with Gasteiger partial charge in [-0.1, -0.05) is 13.8 Å². The number of nitrogens with zero attached hydrogens (tertiary/aromatic N) is 3. The van der Waals surface area contributed by atoms with Gasteiger partial charge in [-0.15, -0.1) is 0 Å². The number of rotatable bonds is 5. The van der Waals surface area contributed by atoms with Crippen LogP contribution in [0.25, 0.3) is 0 Å². The van der Waals surface area contributed by atoms with E-state index in [0.29, 0.717) is 18.3 Å². The lowest BCUT2D eigenvalue weighted by atomic mass is 10.1. The van der Waals surface area contributed by atoms with Gasteiger partial charge < -0.3 is 14.2 Å². The highest BCUT2D eigenvalue weighted by Gasteiger charge is 2.36. The molecule has 1 fully saturated rings. The van der Waals surface area contributed by atoms with Gasteiger partial charge in [-0.2, -0.15) is 0 Å². The lowest BCUT2D eigenvalue weighted by Gasteiger charge is -2.32. The molecule has 5 nitrogen and oxygen atoms in total. The Morgan fingerprint density at radius 2 is 2.14 bits per heavy atom. The maximum atomic E-state index is 12.1. The topological polar surface area (TPSA) is 49.6 Å². The summed E-state index contributed by atoms with van der Waals surface area (Å²) in [7, 11) is 2.08. The Balaban J connectivity index is 1.87. The summed E-state index contributed by atoms with van der Waals surface area (Å²) in [4.78, 5) is 20.9. The minimum Gasteiger partial charge on any atom is -0.448 e. The molecule has 1 atom stereocenters. The number of carbonyl (C=O) groups excluding carboxylic acids is 1. The third-order valence-electron chi connectivity index (χ3n) is 4.08. The van der Waals surface area contributed by atoms with Gasteiger partial charge in [-0.25, -0.2) is 4.98 Å². The minimum atomic E-state index is -0.0807. The molecule has 1 unspecified atom stereocenters. The van der Waals surface area contributed by atoms with Crippen LogP contribution in [0, 0.1) is 5.92 Å². The molecule has 1 aliphatic rings. The first-order chi connectivity index (χ1) is 10.2. The molecule has 0 aromatic carbocycles. The van der Waals surface area contributed by atoms with E-state index in [1.165, 1.54) is 0 Å². The molecule has 0 N–H and O–H groups in total. The number of oxazole rings is 1. The predicted molar refractivity (Wildman–Crippen MR) is 86.5 cm³/mol. The van der Waals surface area contributed by atoms with Crippen LogP contribution in [0.2, 0.25) is 0 Å². The number of carbonyl (C=O) groups is 1. The van der Waals surface area contributed by atoms with Crippen molar-refractivity contribution in [3.63, 3.8) is 0 Å². The van der Waals surface area contributed by atoms with E-state index in [9.17, 15) is 4.79 Å². The molecule has 1 aliphatic heterocycles. The molecule has 5 heteroatoms. The van der Waals surface area contributed by atoms with Crippen LogP contribution in [-0.4, -0.2) is 46.4 Å². The number of hydrogen-bond donors (Lipinski definition) is 0. The fourth-order valence-corrected chi connectivity index (χ4v) is 2.99. The van der Waals surface area contributed by atoms with E-state index in [2.05, 4.69) is 51.6 Å². The Kier molecular flexibility index (Phi) is 4.95. The zero-order chi connectivity index (χ0) is 16.5. The van der Waals surface area contributed by atoms with Crippen molar-refractivity contribution in [3.05, 3.63) is 17.8 Å². The molecule has 0 radical (unpaired) electrons. The summed E-state index contributed by atoms with van der Waals surface area (Å²) >= 11 is 0. The van der Waals surface area contributed by atoms with E-state index < -0.39 is 0 Å². The van der Waals surface area contributed by atoms with Gasteiger partial charge in [0.15, 0.2) is 5.89 Å². The van der Waals surface area contributed by atoms with Crippen LogP contribution in [0.4, 0.5) is 0 Å². The summed E-state index contributed by atoms with van der Waals surface area (Å²) in [5.41, 5.74) is 0.881. The molecule has 0 spiro atoms. The van der Waals surface area contributed by atoms with Crippen molar-refractivity contribution in [3.8, 4) is 0 Å². The van der Waals surface area contributed by atoms with Crippen LogP contribution in [0.15, 0.2) is 10.7 Å². The highest BCUT2D eigenvalue weighted by atomic mass is 16.3. The molecule has 0 aliphatic carbocycles. The van der Waals surface area contributed by atoms with E-state index in [1.807, 2.05) is 4.90 Å². The van der Waals surface area contributed by atoms with Crippen LogP contribution in [0.1, 0.15) is 58.5 Å². The average molecular weight is 307 g/mol. The first kappa shape index (κ1) is 17.0. The highest BCUT2D eigenvalue weighted by Crippen LogP contribution is 2.26. The van der Waals surface area contributed by atoms with Crippen LogP contribution in [0.5, 0.6) is 0 Å². The van der Waals surface area contributed by atoms with E-state index in [0.717, 1.165) is 31.2 Å². The van der Waals surface area contributed by atoms with Crippen LogP contribution < -0.4 is 0 Å². The summed E-state index contributed by atoms with van der Waals surface area (Å²) in [6.45, 7) is 13.0. The largest absolute Gasteiger partial charge is 0.448 e. The van der Waals surface area contributed by atoms with Crippen molar-refractivity contribution in [1.82, 2.24) is 14.8 Å². The van der Waals surface area contributed by atoms with E-state index in [-0.39, 0.29) is 11.4 Å². The Hall–Kier alpha value is -1.36. The molecule has 1 amide bonds. The summed E-state index contributed by atoms with van der Waals surface area (Å²) < 4.78 is 5.48. The zero-order valence-corrected chi connectivity index (χ0v) is 14.7. The smallest absolute Gasteiger partial charge is 0.223 e. The lowest BCUT2D eigenvalue weighted by Crippen LogP contribution is -2.42. The van der Waals surface area contributed by atoms with Gasteiger partial charge in [0, 0.05) is 37.5 Å². The first-order valence-electron chi connectivity index (χ1n) is 8.10. The van der Waals surface area contributed by atoms with E-state index in [1.54, 1.807) is 6.26 Å². The summed E-state index contributed by atoms with van der Waals surface area (Å²) in [6.07, 6.45) is 2.39. The lowest BCUT2D eigenvalue weighted by molar-refractivity contribution is -0.131. The van der Waals surface area contributed by atoms with Gasteiger partial charge in [-0.3, -0.25) is 4.79 Å². The Morgan fingerprint density at radius 3 is 2.64 bits per heavy atom. The van der Waals surface area contributed by atoms with Crippen LogP contribution in [-0.2, 0) is 11.3 Å². The Bertz CT molecular complexity index is 516. The molecular formula is C17H29N3O2. The number of likely N-dealkylation sites (tertiary alicyclic amines) is 1. The first-order valence-corrected chi connectivity index (χ1v) is 8.10. The van der Waals surface area contributed by atoms with Crippen molar-refractivity contribution in [1.29, 1.82) is 0 Å². The quantitative estimate of drug-likeness (QED) is 0.839. The van der Waals surface area contributed by atoms with Crippen molar-refractivity contribution in [2.75, 3.05) is 20.1 Å². The predicted octanol–water partition coefficient (Wildman–Crippen LogP) is 2.88. The molecular weight excluding hydrogens is 278 g/mol. The third-order valence-corrected chi connectivity index (χ3v) is 4.08. The Morgan fingerprint density at radius 1 is 1.45 bits per heavy atom. The van der Waals surface area contributed by atoms with Gasteiger partial charge in [0.05, 0.1) is 5.69 Å². The van der Waals surface area contributed by atoms with Crippen LogP contribution >= 0.6 is 0 Å². The standard InChI is InChI=1S/C17H29N3O2/c1-12(2)16-18-14(11-22-16)10-19(6)8-13-7-15(21)20(9-13)17(3,4)5/h11-13H,7-10H2,1-6H3. The Labute approximate surface area is 133 Å². The van der Waals surface area contributed by atoms with Crippen molar-refractivity contribution >= 4 is 5.91 Å². The fourth-order valence-electron chi connectivity index (χ4n) is 2.99. The van der Waals surface area contributed by atoms with E-state index in [4.69, 9.17) is 4.42 Å². The van der Waals surface area contributed by atoms with Crippen molar-refractivity contribution < 1.29 is 9.21 Å². The van der Waals surface area contributed by atoms with Gasteiger partial charge in [0.1, 0.15) is 6.26 Å². The number of aromatic nitrogens is 1. The molecule has 0 saturated carbocycles. The normalized spacial score (nSPS) is 19.7. The molecule has 124 valence electrons. The summed E-state index contributed by atoms with van der Waals surface area (Å²) in [6, 6.07) is 0. The molecule has 1 aromatic rings. The molecule has 2 heterocycles. The van der Waals surface area contributed by atoms with Crippen molar-refractivity contribution in [2.45, 2.75) is 59.0 Å². The maximum absolute atomic E-state index is 12.1.